The minimum Gasteiger partial charge on any atom is -0.452 e. The molecule has 90 valence electrons. The third-order valence-electron chi connectivity index (χ3n) is 2.42. The van der Waals surface area contributed by atoms with Crippen molar-refractivity contribution in [3.8, 4) is 0 Å². The third-order valence-corrected chi connectivity index (χ3v) is 2.85. The second-order valence-electron chi connectivity index (χ2n) is 3.60. The molecule has 0 fully saturated rings. The van der Waals surface area contributed by atoms with E-state index in [1.165, 1.54) is 4.57 Å². The zero-order valence-corrected chi connectivity index (χ0v) is 10.8. The molecule has 6 heteroatoms. The fraction of sp³-hybridized carbons (Fsp3) is 0.273. The molecule has 17 heavy (non-hydrogen) atoms. The molecule has 0 amide bonds. The summed E-state index contributed by atoms with van der Waals surface area (Å²) in [5.41, 5.74) is -0.177. The van der Waals surface area contributed by atoms with E-state index in [4.69, 9.17) is 4.42 Å². The van der Waals surface area contributed by atoms with E-state index in [9.17, 15) is 9.59 Å². The molecular formula is C11H11BrN2O3. The molecule has 0 aliphatic heterocycles. The fourth-order valence-corrected chi connectivity index (χ4v) is 1.87. The Morgan fingerprint density at radius 2 is 2.18 bits per heavy atom. The molecule has 1 N–H and O–H groups in total. The van der Waals surface area contributed by atoms with Crippen LogP contribution in [0.4, 0.5) is 0 Å². The van der Waals surface area contributed by atoms with Gasteiger partial charge in [-0.15, -0.1) is 0 Å². The molecular weight excluding hydrogens is 288 g/mol. The van der Waals surface area contributed by atoms with Crippen LogP contribution in [0.2, 0.25) is 0 Å². The Balaban J connectivity index is 2.39. The van der Waals surface area contributed by atoms with Crippen molar-refractivity contribution >= 4 is 15.9 Å². The summed E-state index contributed by atoms with van der Waals surface area (Å²) in [6.07, 6.45) is 2.15. The molecule has 0 atom stereocenters. The summed E-state index contributed by atoms with van der Waals surface area (Å²) in [6, 6.07) is 3.53. The van der Waals surface area contributed by atoms with Gasteiger partial charge in [0.15, 0.2) is 4.67 Å². The van der Waals surface area contributed by atoms with Gasteiger partial charge in [0, 0.05) is 11.8 Å². The molecule has 5 nitrogen and oxygen atoms in total. The average molecular weight is 299 g/mol. The highest BCUT2D eigenvalue weighted by Crippen LogP contribution is 2.14. The lowest BCUT2D eigenvalue weighted by Crippen LogP contribution is -2.31. The van der Waals surface area contributed by atoms with Gasteiger partial charge in [-0.1, -0.05) is 6.92 Å². The summed E-state index contributed by atoms with van der Waals surface area (Å²) >= 11 is 3.19. The van der Waals surface area contributed by atoms with Crippen molar-refractivity contribution in [2.24, 2.45) is 0 Å². The maximum Gasteiger partial charge on any atom is 0.328 e. The maximum absolute atomic E-state index is 11.6. The topological polar surface area (TPSA) is 68.0 Å². The molecule has 2 rings (SSSR count). The molecule has 0 saturated carbocycles. The van der Waals surface area contributed by atoms with Crippen molar-refractivity contribution in [2.45, 2.75) is 19.9 Å². The number of H-pyrrole nitrogens is 1. The Hall–Kier alpha value is -1.56. The largest absolute Gasteiger partial charge is 0.452 e. The lowest BCUT2D eigenvalue weighted by atomic mass is 10.2. The molecule has 2 aromatic heterocycles. The van der Waals surface area contributed by atoms with Crippen LogP contribution in [0.1, 0.15) is 18.2 Å². The van der Waals surface area contributed by atoms with Crippen LogP contribution in [0.15, 0.2) is 37.0 Å². The number of aromatic amines is 1. The molecule has 2 heterocycles. The normalized spacial score (nSPS) is 10.7. The van der Waals surface area contributed by atoms with Crippen LogP contribution >= 0.6 is 15.9 Å². The summed E-state index contributed by atoms with van der Waals surface area (Å²) in [7, 11) is 0. The minimum absolute atomic E-state index is 0.300. The molecule has 0 aliphatic carbocycles. The van der Waals surface area contributed by atoms with E-state index in [-0.39, 0.29) is 5.56 Å². The van der Waals surface area contributed by atoms with Crippen LogP contribution in [-0.2, 0) is 13.0 Å². The van der Waals surface area contributed by atoms with Crippen molar-refractivity contribution in [2.75, 3.05) is 0 Å². The van der Waals surface area contributed by atoms with Gasteiger partial charge < -0.3 is 4.42 Å². The zero-order chi connectivity index (χ0) is 12.4. The first-order chi connectivity index (χ1) is 8.10. The quantitative estimate of drug-likeness (QED) is 0.934. The number of nitrogens with zero attached hydrogens (tertiary/aromatic N) is 1. The van der Waals surface area contributed by atoms with E-state index in [0.717, 1.165) is 0 Å². The summed E-state index contributed by atoms with van der Waals surface area (Å²) in [6.45, 7) is 2.16. The van der Waals surface area contributed by atoms with E-state index >= 15 is 0 Å². The molecule has 0 spiro atoms. The second kappa shape index (κ2) is 4.75. The van der Waals surface area contributed by atoms with Crippen LogP contribution in [-0.4, -0.2) is 9.55 Å². The van der Waals surface area contributed by atoms with E-state index in [0.29, 0.717) is 29.0 Å². The van der Waals surface area contributed by atoms with Gasteiger partial charge in [-0.25, -0.2) is 4.79 Å². The molecule has 0 aliphatic rings. The maximum atomic E-state index is 11.6. The number of rotatable bonds is 3. The predicted octanol–water partition coefficient (Wildman–Crippen LogP) is 1.50. The Morgan fingerprint density at radius 1 is 1.41 bits per heavy atom. The van der Waals surface area contributed by atoms with Gasteiger partial charge in [-0.2, -0.15) is 0 Å². The van der Waals surface area contributed by atoms with Crippen LogP contribution in [0.5, 0.6) is 0 Å². The highest BCUT2D eigenvalue weighted by atomic mass is 79.9. The molecule has 0 saturated heterocycles. The lowest BCUT2D eigenvalue weighted by molar-refractivity contribution is 0.468. The van der Waals surface area contributed by atoms with Crippen LogP contribution in [0, 0.1) is 0 Å². The summed E-state index contributed by atoms with van der Waals surface area (Å²) in [5.74, 6) is 0.646. The smallest absolute Gasteiger partial charge is 0.328 e. The Morgan fingerprint density at radius 3 is 2.76 bits per heavy atom. The number of aryl methyl sites for hydroxylation is 1. The van der Waals surface area contributed by atoms with Crippen molar-refractivity contribution in [3.63, 3.8) is 0 Å². The first-order valence-corrected chi connectivity index (χ1v) is 5.96. The molecule has 0 aromatic carbocycles. The van der Waals surface area contributed by atoms with Crippen LogP contribution < -0.4 is 11.2 Å². The standard InChI is InChI=1S/C11H11BrN2O3/c1-2-7-5-14(11(16)13-10(7)15)6-8-3-4-9(12)17-8/h3-5H,2,6H2,1H3,(H,13,15,16). The minimum atomic E-state index is -0.431. The predicted molar refractivity (Wildman–Crippen MR) is 66.2 cm³/mol. The SMILES string of the molecule is CCc1cn(Cc2ccc(Br)o2)c(=O)[nH]c1=O. The number of furan rings is 1. The third kappa shape index (κ3) is 2.58. The number of halogens is 1. The molecule has 0 bridgehead atoms. The average Bonchev–Trinajstić information content (AvgIpc) is 2.68. The number of hydrogen-bond acceptors (Lipinski definition) is 3. The van der Waals surface area contributed by atoms with E-state index in [1.807, 2.05) is 6.92 Å². The van der Waals surface area contributed by atoms with Gasteiger partial charge in [-0.05, 0) is 34.5 Å². The van der Waals surface area contributed by atoms with Gasteiger partial charge in [0.2, 0.25) is 0 Å². The van der Waals surface area contributed by atoms with Crippen LogP contribution in [0.25, 0.3) is 0 Å². The van der Waals surface area contributed by atoms with Gasteiger partial charge in [0.1, 0.15) is 5.76 Å². The zero-order valence-electron chi connectivity index (χ0n) is 9.20. The summed E-state index contributed by atoms with van der Waals surface area (Å²) < 4.78 is 7.34. The number of hydrogen-bond donors (Lipinski definition) is 1. The monoisotopic (exact) mass is 298 g/mol. The highest BCUT2D eigenvalue weighted by molar-refractivity contribution is 9.10. The van der Waals surface area contributed by atoms with Crippen molar-refractivity contribution < 1.29 is 4.42 Å². The molecule has 0 radical (unpaired) electrons. The molecule has 2 aromatic rings. The molecule has 0 unspecified atom stereocenters. The van der Waals surface area contributed by atoms with Crippen molar-refractivity contribution in [1.29, 1.82) is 0 Å². The Labute approximate surface area is 105 Å². The van der Waals surface area contributed by atoms with E-state index in [2.05, 4.69) is 20.9 Å². The van der Waals surface area contributed by atoms with Crippen LogP contribution in [0.3, 0.4) is 0 Å². The van der Waals surface area contributed by atoms with Crippen molar-refractivity contribution in [1.82, 2.24) is 9.55 Å². The van der Waals surface area contributed by atoms with Gasteiger partial charge >= 0.3 is 5.69 Å². The van der Waals surface area contributed by atoms with Gasteiger partial charge in [0.25, 0.3) is 5.56 Å². The van der Waals surface area contributed by atoms with E-state index < -0.39 is 5.69 Å². The Kier molecular flexibility index (Phi) is 3.33. The first-order valence-electron chi connectivity index (χ1n) is 5.17. The van der Waals surface area contributed by atoms with Gasteiger partial charge in [0.05, 0.1) is 6.54 Å². The number of nitrogens with one attached hydrogen (secondary N) is 1. The van der Waals surface area contributed by atoms with Crippen molar-refractivity contribution in [3.05, 3.63) is 55.2 Å². The van der Waals surface area contributed by atoms with Gasteiger partial charge in [-0.3, -0.25) is 14.3 Å². The summed E-state index contributed by atoms with van der Waals surface area (Å²) in [5, 5.41) is 0. The highest BCUT2D eigenvalue weighted by Gasteiger charge is 2.06. The second-order valence-corrected chi connectivity index (χ2v) is 4.38. The fourth-order valence-electron chi connectivity index (χ4n) is 1.53. The van der Waals surface area contributed by atoms with E-state index in [1.54, 1.807) is 18.3 Å². The lowest BCUT2D eigenvalue weighted by Gasteiger charge is -2.04. The number of aromatic nitrogens is 2. The Bertz CT molecular complexity index is 639. The first kappa shape index (κ1) is 11.9. The summed E-state index contributed by atoms with van der Waals surface area (Å²) in [4.78, 5) is 25.2.